The van der Waals surface area contributed by atoms with Crippen LogP contribution in [0.15, 0.2) is 42.5 Å². The topological polar surface area (TPSA) is 92.8 Å². The number of ether oxygens (including phenoxy) is 1. The van der Waals surface area contributed by atoms with Crippen LogP contribution in [-0.4, -0.2) is 39.2 Å². The second kappa shape index (κ2) is 9.28. The summed E-state index contributed by atoms with van der Waals surface area (Å²) in [6.45, 7) is 5.21. The summed E-state index contributed by atoms with van der Waals surface area (Å²) in [6, 6.07) is 9.88. The number of carbonyl (C=O) groups excluding carboxylic acids is 2. The van der Waals surface area contributed by atoms with E-state index in [2.05, 4.69) is 5.32 Å². The van der Waals surface area contributed by atoms with Crippen molar-refractivity contribution in [1.29, 1.82) is 0 Å². The van der Waals surface area contributed by atoms with Gasteiger partial charge in [-0.15, -0.1) is 0 Å². The molecule has 1 atom stereocenters. The first-order chi connectivity index (χ1) is 13.5. The van der Waals surface area contributed by atoms with Gasteiger partial charge in [0, 0.05) is 10.7 Å². The van der Waals surface area contributed by atoms with Gasteiger partial charge in [-0.05, 0) is 68.8 Å². The van der Waals surface area contributed by atoms with E-state index in [4.69, 9.17) is 16.3 Å². The van der Waals surface area contributed by atoms with Crippen molar-refractivity contribution < 1.29 is 22.7 Å². The summed E-state index contributed by atoms with van der Waals surface area (Å²) in [5.41, 5.74) is 1.82. The molecular formula is C20H23ClN2O5S. The van der Waals surface area contributed by atoms with Gasteiger partial charge in [0.1, 0.15) is 6.04 Å². The van der Waals surface area contributed by atoms with Crippen LogP contribution in [0.5, 0.6) is 0 Å². The minimum absolute atomic E-state index is 0.264. The Morgan fingerprint density at radius 1 is 1.17 bits per heavy atom. The predicted molar refractivity (Wildman–Crippen MR) is 114 cm³/mol. The number of benzene rings is 2. The van der Waals surface area contributed by atoms with Crippen molar-refractivity contribution in [3.05, 3.63) is 58.6 Å². The predicted octanol–water partition coefficient (Wildman–Crippen LogP) is 3.62. The molecule has 0 fully saturated rings. The third-order valence-corrected chi connectivity index (χ3v) is 5.66. The molecule has 9 heteroatoms. The van der Waals surface area contributed by atoms with E-state index in [0.717, 1.165) is 10.6 Å². The second-order valence-electron chi connectivity index (χ2n) is 6.45. The largest absolute Gasteiger partial charge is 0.462 e. The molecule has 0 heterocycles. The SMILES string of the molecule is CCOC(=O)c1ccc(NC(=O)[C@@H](C)N(c2ccc(Cl)cc2)S(C)(=O)=O)c(C)c1. The number of sulfonamides is 1. The number of nitrogens with zero attached hydrogens (tertiary/aromatic N) is 1. The normalized spacial score (nSPS) is 12.2. The molecule has 2 aromatic rings. The summed E-state index contributed by atoms with van der Waals surface area (Å²) in [5, 5.41) is 3.17. The Balaban J connectivity index is 2.26. The van der Waals surface area contributed by atoms with Crippen LogP contribution in [0.25, 0.3) is 0 Å². The lowest BCUT2D eigenvalue weighted by atomic mass is 10.1. The van der Waals surface area contributed by atoms with Gasteiger partial charge in [-0.25, -0.2) is 13.2 Å². The monoisotopic (exact) mass is 438 g/mol. The standard InChI is InChI=1S/C20H23ClN2O5S/c1-5-28-20(25)15-6-11-18(13(2)12-15)22-19(24)14(3)23(29(4,26)27)17-9-7-16(21)8-10-17/h6-12,14H,5H2,1-4H3,(H,22,24)/t14-/m1/s1. The molecule has 0 bridgehead atoms. The smallest absolute Gasteiger partial charge is 0.338 e. The number of hydrogen-bond donors (Lipinski definition) is 1. The van der Waals surface area contributed by atoms with Gasteiger partial charge in [0.15, 0.2) is 0 Å². The van der Waals surface area contributed by atoms with Crippen molar-refractivity contribution in [3.63, 3.8) is 0 Å². The molecule has 0 aliphatic carbocycles. The quantitative estimate of drug-likeness (QED) is 0.666. The number of aryl methyl sites for hydroxylation is 1. The Hall–Kier alpha value is -2.58. The molecule has 1 N–H and O–H groups in total. The molecule has 0 spiro atoms. The van der Waals surface area contributed by atoms with E-state index < -0.39 is 27.9 Å². The van der Waals surface area contributed by atoms with Crippen molar-refractivity contribution in [2.24, 2.45) is 0 Å². The lowest BCUT2D eigenvalue weighted by Gasteiger charge is -2.28. The zero-order valence-electron chi connectivity index (χ0n) is 16.6. The Morgan fingerprint density at radius 2 is 1.79 bits per heavy atom. The Kier molecular flexibility index (Phi) is 7.26. The average Bonchev–Trinajstić information content (AvgIpc) is 2.64. The summed E-state index contributed by atoms with van der Waals surface area (Å²) in [4.78, 5) is 24.6. The third-order valence-electron chi connectivity index (χ3n) is 4.17. The number of carbonyl (C=O) groups is 2. The zero-order chi connectivity index (χ0) is 21.8. The summed E-state index contributed by atoms with van der Waals surface area (Å²) < 4.78 is 30.6. The number of hydrogen-bond acceptors (Lipinski definition) is 5. The molecule has 0 aliphatic heterocycles. The Morgan fingerprint density at radius 3 is 2.31 bits per heavy atom. The number of anilines is 2. The van der Waals surface area contributed by atoms with Gasteiger partial charge >= 0.3 is 5.97 Å². The molecule has 29 heavy (non-hydrogen) atoms. The maximum atomic E-state index is 12.8. The number of esters is 1. The van der Waals surface area contributed by atoms with Crippen molar-refractivity contribution in [3.8, 4) is 0 Å². The van der Waals surface area contributed by atoms with Crippen molar-refractivity contribution in [2.75, 3.05) is 22.5 Å². The van der Waals surface area contributed by atoms with Crippen molar-refractivity contribution in [1.82, 2.24) is 0 Å². The zero-order valence-corrected chi connectivity index (χ0v) is 18.2. The number of rotatable bonds is 7. The highest BCUT2D eigenvalue weighted by atomic mass is 35.5. The molecule has 2 rings (SSSR count). The van der Waals surface area contributed by atoms with Gasteiger partial charge in [0.05, 0.1) is 24.1 Å². The fourth-order valence-electron chi connectivity index (χ4n) is 2.78. The van der Waals surface area contributed by atoms with E-state index in [9.17, 15) is 18.0 Å². The van der Waals surface area contributed by atoms with Crippen LogP contribution in [0.3, 0.4) is 0 Å². The maximum Gasteiger partial charge on any atom is 0.338 e. The van der Waals surface area contributed by atoms with Gasteiger partial charge in [-0.1, -0.05) is 11.6 Å². The van der Waals surface area contributed by atoms with Gasteiger partial charge < -0.3 is 10.1 Å². The first-order valence-corrected chi connectivity index (χ1v) is 11.1. The van der Waals surface area contributed by atoms with E-state index >= 15 is 0 Å². The molecule has 7 nitrogen and oxygen atoms in total. The van der Waals surface area contributed by atoms with E-state index in [1.165, 1.54) is 19.1 Å². The molecule has 0 aromatic heterocycles. The fraction of sp³-hybridized carbons (Fsp3) is 0.300. The number of halogens is 1. The van der Waals surface area contributed by atoms with Crippen LogP contribution in [-0.2, 0) is 19.6 Å². The average molecular weight is 439 g/mol. The number of amides is 1. The van der Waals surface area contributed by atoms with Crippen LogP contribution in [0.1, 0.15) is 29.8 Å². The first-order valence-electron chi connectivity index (χ1n) is 8.88. The maximum absolute atomic E-state index is 12.8. The van der Waals surface area contributed by atoms with Gasteiger partial charge in [-0.2, -0.15) is 0 Å². The Labute approximate surface area is 175 Å². The van der Waals surface area contributed by atoms with Crippen LogP contribution < -0.4 is 9.62 Å². The van der Waals surface area contributed by atoms with Crippen LogP contribution in [0, 0.1) is 6.92 Å². The molecule has 156 valence electrons. The fourth-order valence-corrected chi connectivity index (χ4v) is 4.08. The summed E-state index contributed by atoms with van der Waals surface area (Å²) in [7, 11) is -3.73. The first kappa shape index (κ1) is 22.7. The lowest BCUT2D eigenvalue weighted by Crippen LogP contribution is -2.45. The molecule has 0 radical (unpaired) electrons. The lowest BCUT2D eigenvalue weighted by molar-refractivity contribution is -0.116. The highest BCUT2D eigenvalue weighted by Crippen LogP contribution is 2.24. The number of nitrogens with one attached hydrogen (secondary N) is 1. The highest BCUT2D eigenvalue weighted by molar-refractivity contribution is 7.92. The van der Waals surface area contributed by atoms with Crippen LogP contribution in [0.2, 0.25) is 5.02 Å². The van der Waals surface area contributed by atoms with Crippen LogP contribution >= 0.6 is 11.6 Å². The summed E-state index contributed by atoms with van der Waals surface area (Å²) in [5.74, 6) is -0.967. The molecule has 0 unspecified atom stereocenters. The van der Waals surface area contributed by atoms with E-state index in [1.54, 1.807) is 44.2 Å². The molecule has 1 amide bonds. The summed E-state index contributed by atoms with van der Waals surface area (Å²) >= 11 is 5.87. The van der Waals surface area contributed by atoms with E-state index in [-0.39, 0.29) is 6.61 Å². The van der Waals surface area contributed by atoms with Gasteiger partial charge in [-0.3, -0.25) is 9.10 Å². The second-order valence-corrected chi connectivity index (χ2v) is 8.75. The van der Waals surface area contributed by atoms with Crippen molar-refractivity contribution >= 4 is 44.9 Å². The summed E-state index contributed by atoms with van der Waals surface area (Å²) in [6.07, 6.45) is 1.03. The van der Waals surface area contributed by atoms with Crippen LogP contribution in [0.4, 0.5) is 11.4 Å². The Bertz CT molecular complexity index is 1010. The molecule has 2 aromatic carbocycles. The highest BCUT2D eigenvalue weighted by Gasteiger charge is 2.29. The van der Waals surface area contributed by atoms with E-state index in [1.807, 2.05) is 0 Å². The minimum atomic E-state index is -3.73. The van der Waals surface area contributed by atoms with E-state index in [0.29, 0.717) is 27.5 Å². The molecule has 0 saturated carbocycles. The van der Waals surface area contributed by atoms with Gasteiger partial charge in [0.25, 0.3) is 0 Å². The third kappa shape index (κ3) is 5.71. The van der Waals surface area contributed by atoms with Crippen molar-refractivity contribution in [2.45, 2.75) is 26.8 Å². The molecule has 0 aliphatic rings. The molecular weight excluding hydrogens is 416 g/mol. The molecule has 0 saturated heterocycles. The van der Waals surface area contributed by atoms with Gasteiger partial charge in [0.2, 0.25) is 15.9 Å². The minimum Gasteiger partial charge on any atom is -0.462 e.